The van der Waals surface area contributed by atoms with E-state index in [-0.39, 0.29) is 12.4 Å². The second-order valence-electron chi connectivity index (χ2n) is 3.50. The topological polar surface area (TPSA) is 67.2 Å². The number of nitriles is 1. The van der Waals surface area contributed by atoms with Crippen LogP contribution in [0.25, 0.3) is 0 Å². The smallest absolute Gasteiger partial charge is 0.309 e. The number of methoxy groups -OCH3 is 1. The monoisotopic (exact) mass is 231 g/mol. The summed E-state index contributed by atoms with van der Waals surface area (Å²) in [6.07, 6.45) is 1.37. The van der Waals surface area contributed by atoms with Gasteiger partial charge in [0, 0.05) is 5.56 Å². The van der Waals surface area contributed by atoms with Crippen LogP contribution < -0.4 is 0 Å². The molecule has 0 amide bonds. The van der Waals surface area contributed by atoms with Gasteiger partial charge in [0.2, 0.25) is 0 Å². The van der Waals surface area contributed by atoms with Crippen molar-refractivity contribution in [3.8, 4) is 6.07 Å². The van der Waals surface area contributed by atoms with E-state index in [4.69, 9.17) is 5.26 Å². The Balaban J connectivity index is 3.29. The molecule has 4 heteroatoms. The molecule has 0 N–H and O–H groups in total. The number of ether oxygens (including phenoxy) is 1. The molecule has 0 saturated carbocycles. The molecule has 1 aromatic rings. The van der Waals surface area contributed by atoms with Gasteiger partial charge in [0.25, 0.3) is 0 Å². The number of esters is 1. The van der Waals surface area contributed by atoms with E-state index in [1.165, 1.54) is 7.11 Å². The fraction of sp³-hybridized carbons (Fsp3) is 0.308. The number of carbonyl (C=O) groups is 2. The Morgan fingerprint density at radius 2 is 2.24 bits per heavy atom. The first-order valence-corrected chi connectivity index (χ1v) is 5.24. The zero-order valence-electron chi connectivity index (χ0n) is 9.82. The molecule has 0 aliphatic carbocycles. The van der Waals surface area contributed by atoms with Gasteiger partial charge in [-0.15, -0.1) is 0 Å². The highest BCUT2D eigenvalue weighted by molar-refractivity contribution is 5.81. The van der Waals surface area contributed by atoms with Crippen LogP contribution >= 0.6 is 0 Å². The maximum Gasteiger partial charge on any atom is 0.309 e. The Hall–Kier alpha value is -2.15. The van der Waals surface area contributed by atoms with E-state index in [1.807, 2.05) is 13.0 Å². The minimum absolute atomic E-state index is 0.119. The molecule has 0 aromatic heterocycles. The van der Waals surface area contributed by atoms with Gasteiger partial charge in [-0.25, -0.2) is 0 Å². The molecule has 0 heterocycles. The first-order chi connectivity index (χ1) is 8.17. The van der Waals surface area contributed by atoms with Crippen molar-refractivity contribution in [1.29, 1.82) is 5.26 Å². The van der Waals surface area contributed by atoms with Crippen molar-refractivity contribution >= 4 is 12.3 Å². The number of rotatable bonds is 4. The second kappa shape index (κ2) is 5.80. The molecule has 0 bridgehead atoms. The lowest BCUT2D eigenvalue weighted by Gasteiger charge is -2.10. The Labute approximate surface area is 99.8 Å². The summed E-state index contributed by atoms with van der Waals surface area (Å²) in [7, 11) is 1.32. The fourth-order valence-electron chi connectivity index (χ4n) is 1.74. The van der Waals surface area contributed by atoms with Gasteiger partial charge in [-0.05, 0) is 17.5 Å². The molecule has 1 rings (SSSR count). The second-order valence-corrected chi connectivity index (χ2v) is 3.50. The third-order valence-electron chi connectivity index (χ3n) is 2.60. The van der Waals surface area contributed by atoms with Crippen molar-refractivity contribution in [2.45, 2.75) is 19.8 Å². The van der Waals surface area contributed by atoms with E-state index in [1.54, 1.807) is 12.1 Å². The van der Waals surface area contributed by atoms with Gasteiger partial charge in [0.1, 0.15) is 6.07 Å². The van der Waals surface area contributed by atoms with Gasteiger partial charge in [0.15, 0.2) is 6.29 Å². The molecule has 0 radical (unpaired) electrons. The molecule has 0 unspecified atom stereocenters. The molecular formula is C13H13NO3. The van der Waals surface area contributed by atoms with Crippen LogP contribution in [0.2, 0.25) is 0 Å². The van der Waals surface area contributed by atoms with Crippen molar-refractivity contribution in [3.63, 3.8) is 0 Å². The average molecular weight is 231 g/mol. The average Bonchev–Trinajstić information content (AvgIpc) is 2.37. The van der Waals surface area contributed by atoms with Gasteiger partial charge < -0.3 is 4.74 Å². The van der Waals surface area contributed by atoms with Crippen LogP contribution in [0.4, 0.5) is 0 Å². The molecule has 0 aliphatic rings. The van der Waals surface area contributed by atoms with Crippen LogP contribution in [0.1, 0.15) is 34.0 Å². The predicted molar refractivity (Wildman–Crippen MR) is 61.6 cm³/mol. The van der Waals surface area contributed by atoms with Gasteiger partial charge in [-0.1, -0.05) is 19.1 Å². The third-order valence-corrected chi connectivity index (χ3v) is 2.60. The largest absolute Gasteiger partial charge is 0.469 e. The van der Waals surface area contributed by atoms with E-state index in [9.17, 15) is 9.59 Å². The summed E-state index contributed by atoms with van der Waals surface area (Å²) in [6, 6.07) is 5.27. The molecule has 0 spiro atoms. The van der Waals surface area contributed by atoms with Gasteiger partial charge in [-0.3, -0.25) is 9.59 Å². The van der Waals surface area contributed by atoms with Crippen molar-refractivity contribution in [3.05, 3.63) is 34.4 Å². The SMILES string of the molecule is CCc1c(CC(=O)OC)ccc(C=O)c1C#N. The number of hydrogen-bond donors (Lipinski definition) is 0. The van der Waals surface area contributed by atoms with Crippen LogP contribution in [-0.4, -0.2) is 19.4 Å². The summed E-state index contributed by atoms with van der Waals surface area (Å²) in [5.74, 6) is -0.359. The lowest BCUT2D eigenvalue weighted by molar-refractivity contribution is -0.139. The highest BCUT2D eigenvalue weighted by Gasteiger charge is 2.14. The van der Waals surface area contributed by atoms with E-state index < -0.39 is 0 Å². The van der Waals surface area contributed by atoms with E-state index in [0.717, 1.165) is 11.1 Å². The highest BCUT2D eigenvalue weighted by atomic mass is 16.5. The number of benzene rings is 1. The first kappa shape index (κ1) is 12.9. The third kappa shape index (κ3) is 2.70. The normalized spacial score (nSPS) is 9.47. The van der Waals surface area contributed by atoms with Crippen LogP contribution in [-0.2, 0) is 22.4 Å². The van der Waals surface area contributed by atoms with E-state index in [0.29, 0.717) is 23.8 Å². The fourth-order valence-corrected chi connectivity index (χ4v) is 1.74. The molecule has 0 atom stereocenters. The Kier molecular flexibility index (Phi) is 4.41. The number of hydrogen-bond acceptors (Lipinski definition) is 4. The summed E-state index contributed by atoms with van der Waals surface area (Å²) in [6.45, 7) is 1.88. The van der Waals surface area contributed by atoms with Crippen LogP contribution in [0, 0.1) is 11.3 Å². The van der Waals surface area contributed by atoms with Gasteiger partial charge in [0.05, 0.1) is 19.1 Å². The summed E-state index contributed by atoms with van der Waals surface area (Å²) >= 11 is 0. The number of carbonyl (C=O) groups excluding carboxylic acids is 2. The Morgan fingerprint density at radius 3 is 2.71 bits per heavy atom. The van der Waals surface area contributed by atoms with Crippen molar-refractivity contribution in [1.82, 2.24) is 0 Å². The lowest BCUT2D eigenvalue weighted by Crippen LogP contribution is -2.09. The molecule has 0 fully saturated rings. The van der Waals surface area contributed by atoms with Gasteiger partial charge >= 0.3 is 5.97 Å². The summed E-state index contributed by atoms with van der Waals surface area (Å²) in [4.78, 5) is 22.0. The quantitative estimate of drug-likeness (QED) is 0.583. The standard InChI is InChI=1S/C13H13NO3/c1-3-11-9(6-13(16)17-2)4-5-10(8-15)12(11)7-14/h4-5,8H,3,6H2,1-2H3. The molecule has 1 aromatic carbocycles. The minimum Gasteiger partial charge on any atom is -0.469 e. The maximum atomic E-state index is 11.2. The molecule has 0 aliphatic heterocycles. The lowest BCUT2D eigenvalue weighted by atomic mass is 9.94. The molecular weight excluding hydrogens is 218 g/mol. The predicted octanol–water partition coefficient (Wildman–Crippen LogP) is 1.65. The van der Waals surface area contributed by atoms with E-state index in [2.05, 4.69) is 4.74 Å². The number of nitrogens with zero attached hydrogens (tertiary/aromatic N) is 1. The van der Waals surface area contributed by atoms with Crippen molar-refractivity contribution in [2.24, 2.45) is 0 Å². The van der Waals surface area contributed by atoms with Crippen molar-refractivity contribution < 1.29 is 14.3 Å². The summed E-state index contributed by atoms with van der Waals surface area (Å²) in [5, 5.41) is 9.05. The van der Waals surface area contributed by atoms with E-state index >= 15 is 0 Å². The van der Waals surface area contributed by atoms with Crippen LogP contribution in [0.3, 0.4) is 0 Å². The zero-order chi connectivity index (χ0) is 12.8. The molecule has 88 valence electrons. The van der Waals surface area contributed by atoms with Gasteiger partial charge in [-0.2, -0.15) is 5.26 Å². The Morgan fingerprint density at radius 1 is 1.53 bits per heavy atom. The molecule has 17 heavy (non-hydrogen) atoms. The zero-order valence-corrected chi connectivity index (χ0v) is 9.82. The molecule has 4 nitrogen and oxygen atoms in total. The summed E-state index contributed by atoms with van der Waals surface area (Å²) in [5.41, 5.74) is 2.19. The summed E-state index contributed by atoms with van der Waals surface area (Å²) < 4.78 is 4.59. The first-order valence-electron chi connectivity index (χ1n) is 5.24. The molecule has 0 saturated heterocycles. The minimum atomic E-state index is -0.359. The van der Waals surface area contributed by atoms with Crippen LogP contribution in [0.15, 0.2) is 12.1 Å². The highest BCUT2D eigenvalue weighted by Crippen LogP contribution is 2.19. The number of aldehydes is 1. The maximum absolute atomic E-state index is 11.2. The Bertz CT molecular complexity index is 486. The van der Waals surface area contributed by atoms with Crippen molar-refractivity contribution in [2.75, 3.05) is 7.11 Å². The van der Waals surface area contributed by atoms with Crippen LogP contribution in [0.5, 0.6) is 0 Å².